The molecule has 1 aromatic carbocycles. The zero-order valence-electron chi connectivity index (χ0n) is 12.7. The summed E-state index contributed by atoms with van der Waals surface area (Å²) < 4.78 is 40.3. The van der Waals surface area contributed by atoms with E-state index in [1.807, 2.05) is 0 Å². The summed E-state index contributed by atoms with van der Waals surface area (Å²) in [7, 11) is 0. The van der Waals surface area contributed by atoms with Gasteiger partial charge in [0.1, 0.15) is 0 Å². The van der Waals surface area contributed by atoms with Crippen LogP contribution in [0.3, 0.4) is 0 Å². The highest BCUT2D eigenvalue weighted by Gasteiger charge is 2.38. The minimum absolute atomic E-state index is 0.0513. The molecule has 6 nitrogen and oxygen atoms in total. The Bertz CT molecular complexity index is 984. The minimum Gasteiger partial charge on any atom is -0.390 e. The highest BCUT2D eigenvalue weighted by Crippen LogP contribution is 2.33. The average Bonchev–Trinajstić information content (AvgIpc) is 2.94. The van der Waals surface area contributed by atoms with Crippen LogP contribution in [0.4, 0.5) is 19.0 Å². The molecule has 0 radical (unpaired) electrons. The number of nitrogens with one attached hydrogen (secondary N) is 1. The second-order valence-corrected chi connectivity index (χ2v) is 5.90. The van der Waals surface area contributed by atoms with Crippen molar-refractivity contribution in [2.45, 2.75) is 12.8 Å². The summed E-state index contributed by atoms with van der Waals surface area (Å²) in [4.78, 5) is 19.8. The van der Waals surface area contributed by atoms with Gasteiger partial charge in [0, 0.05) is 12.4 Å². The number of alkyl halides is 3. The first kappa shape index (κ1) is 18.4. The molecule has 3 rings (SSSR count). The Morgan fingerprint density at radius 1 is 1.27 bits per heavy atom. The third kappa shape index (κ3) is 3.20. The van der Waals surface area contributed by atoms with Gasteiger partial charge in [-0.2, -0.15) is 13.2 Å². The monoisotopic (exact) mass is 404 g/mol. The van der Waals surface area contributed by atoms with Gasteiger partial charge in [-0.1, -0.05) is 29.3 Å². The Kier molecular flexibility index (Phi) is 4.78. The van der Waals surface area contributed by atoms with Crippen LogP contribution in [0.5, 0.6) is 0 Å². The van der Waals surface area contributed by atoms with Crippen molar-refractivity contribution in [1.29, 1.82) is 0 Å². The molecule has 26 heavy (non-hydrogen) atoms. The Labute approximate surface area is 154 Å². The van der Waals surface area contributed by atoms with Crippen molar-refractivity contribution in [3.05, 3.63) is 57.6 Å². The highest BCUT2D eigenvalue weighted by atomic mass is 35.5. The topological polar surface area (TPSA) is 79.5 Å². The Balaban J connectivity index is 2.09. The van der Waals surface area contributed by atoms with E-state index in [-0.39, 0.29) is 27.1 Å². The Hall–Kier alpha value is -2.36. The summed E-state index contributed by atoms with van der Waals surface area (Å²) >= 11 is 11.9. The molecule has 0 saturated heterocycles. The molecule has 0 aliphatic heterocycles. The zero-order valence-corrected chi connectivity index (χ0v) is 14.2. The molecule has 0 atom stereocenters. The van der Waals surface area contributed by atoms with Crippen molar-refractivity contribution in [2.24, 2.45) is 0 Å². The number of benzene rings is 1. The molecule has 136 valence electrons. The predicted octanol–water partition coefficient (Wildman–Crippen LogP) is 3.80. The largest absolute Gasteiger partial charge is 0.435 e. The van der Waals surface area contributed by atoms with E-state index >= 15 is 0 Å². The summed E-state index contributed by atoms with van der Waals surface area (Å²) in [6, 6.07) is 4.42. The number of halogens is 5. The number of imidazole rings is 1. The van der Waals surface area contributed by atoms with E-state index in [4.69, 9.17) is 23.2 Å². The van der Waals surface area contributed by atoms with E-state index in [2.05, 4.69) is 15.3 Å². The average molecular weight is 405 g/mol. The zero-order chi connectivity index (χ0) is 19.1. The molecule has 2 heterocycles. The number of aliphatic hydroxyl groups is 1. The van der Waals surface area contributed by atoms with Crippen molar-refractivity contribution < 1.29 is 23.1 Å². The number of aliphatic hydroxyl groups excluding tert-OH is 1. The molecule has 11 heteroatoms. The third-order valence-electron chi connectivity index (χ3n) is 3.48. The molecule has 0 aliphatic carbocycles. The minimum atomic E-state index is -4.78. The Morgan fingerprint density at radius 3 is 2.50 bits per heavy atom. The van der Waals surface area contributed by atoms with Gasteiger partial charge in [-0.15, -0.1) is 0 Å². The number of carbonyl (C=O) groups excluding carboxylic acids is 1. The predicted molar refractivity (Wildman–Crippen MR) is 88.3 cm³/mol. The summed E-state index contributed by atoms with van der Waals surface area (Å²) in [5.41, 5.74) is -2.06. The lowest BCUT2D eigenvalue weighted by Gasteiger charge is -2.08. The SMILES string of the molecule is O=C(Nc1nccn2c(CO)c(C(F)(F)F)nc12)c1c(Cl)cccc1Cl. The maximum atomic E-state index is 13.1. The van der Waals surface area contributed by atoms with Crippen LogP contribution in [0.2, 0.25) is 10.0 Å². The van der Waals surface area contributed by atoms with E-state index in [0.717, 1.165) is 10.6 Å². The van der Waals surface area contributed by atoms with E-state index in [1.165, 1.54) is 24.4 Å². The standard InChI is InChI=1S/C15H9Cl2F3N4O2/c16-7-2-1-3-8(17)10(7)14(26)23-12-13-22-11(15(18,19)20)9(6-25)24(13)5-4-21-12/h1-5,25H,6H2,(H,21,23,26). The number of anilines is 1. The highest BCUT2D eigenvalue weighted by molar-refractivity contribution is 6.40. The lowest BCUT2D eigenvalue weighted by molar-refractivity contribution is -0.142. The first-order valence-electron chi connectivity index (χ1n) is 7.03. The molecule has 2 aromatic heterocycles. The second kappa shape index (κ2) is 6.75. The molecule has 0 aliphatic rings. The molecule has 0 unspecified atom stereocenters. The van der Waals surface area contributed by atoms with Crippen LogP contribution in [0.1, 0.15) is 21.7 Å². The number of nitrogens with zero attached hydrogens (tertiary/aromatic N) is 3. The van der Waals surface area contributed by atoms with Crippen LogP contribution in [0.15, 0.2) is 30.6 Å². The van der Waals surface area contributed by atoms with Gasteiger partial charge in [-0.05, 0) is 12.1 Å². The molecule has 0 fully saturated rings. The van der Waals surface area contributed by atoms with Gasteiger partial charge in [-0.3, -0.25) is 9.20 Å². The fraction of sp³-hybridized carbons (Fsp3) is 0.133. The quantitative estimate of drug-likeness (QED) is 0.695. The molecule has 0 saturated carbocycles. The smallest absolute Gasteiger partial charge is 0.390 e. The fourth-order valence-electron chi connectivity index (χ4n) is 2.38. The number of hydrogen-bond donors (Lipinski definition) is 2. The van der Waals surface area contributed by atoms with Crippen molar-refractivity contribution in [1.82, 2.24) is 14.4 Å². The van der Waals surface area contributed by atoms with Crippen LogP contribution < -0.4 is 5.32 Å². The normalized spacial score (nSPS) is 11.8. The summed E-state index contributed by atoms with van der Waals surface area (Å²) in [6.07, 6.45) is -2.42. The van der Waals surface area contributed by atoms with Crippen LogP contribution in [0.25, 0.3) is 5.65 Å². The number of carbonyl (C=O) groups is 1. The molecule has 1 amide bonds. The van der Waals surface area contributed by atoms with Gasteiger partial charge in [0.15, 0.2) is 17.2 Å². The van der Waals surface area contributed by atoms with Gasteiger partial charge in [-0.25, -0.2) is 9.97 Å². The third-order valence-corrected chi connectivity index (χ3v) is 4.11. The number of amides is 1. The maximum absolute atomic E-state index is 13.1. The van der Waals surface area contributed by atoms with Gasteiger partial charge in [0.2, 0.25) is 0 Å². The number of rotatable bonds is 3. The molecule has 2 N–H and O–H groups in total. The van der Waals surface area contributed by atoms with E-state index in [9.17, 15) is 23.1 Å². The second-order valence-electron chi connectivity index (χ2n) is 5.08. The van der Waals surface area contributed by atoms with Crippen molar-refractivity contribution in [3.63, 3.8) is 0 Å². The van der Waals surface area contributed by atoms with Crippen molar-refractivity contribution in [2.75, 3.05) is 5.32 Å². The number of aromatic nitrogens is 3. The van der Waals surface area contributed by atoms with E-state index in [1.54, 1.807) is 0 Å². The van der Waals surface area contributed by atoms with Crippen LogP contribution in [-0.4, -0.2) is 25.4 Å². The lowest BCUT2D eigenvalue weighted by atomic mass is 10.2. The van der Waals surface area contributed by atoms with Crippen molar-refractivity contribution in [3.8, 4) is 0 Å². The first-order valence-corrected chi connectivity index (χ1v) is 7.79. The molecule has 0 spiro atoms. The van der Waals surface area contributed by atoms with E-state index in [0.29, 0.717) is 0 Å². The van der Waals surface area contributed by atoms with Crippen molar-refractivity contribution >= 4 is 40.6 Å². The molecule has 3 aromatic rings. The van der Waals surface area contributed by atoms with Gasteiger partial charge >= 0.3 is 6.18 Å². The summed E-state index contributed by atoms with van der Waals surface area (Å²) in [5.74, 6) is -0.998. The number of hydrogen-bond acceptors (Lipinski definition) is 4. The van der Waals surface area contributed by atoms with E-state index < -0.39 is 30.1 Å². The fourth-order valence-corrected chi connectivity index (χ4v) is 2.95. The maximum Gasteiger partial charge on any atom is 0.435 e. The molecular weight excluding hydrogens is 396 g/mol. The van der Waals surface area contributed by atoms with Crippen LogP contribution in [0, 0.1) is 0 Å². The van der Waals surface area contributed by atoms with Gasteiger partial charge in [0.25, 0.3) is 5.91 Å². The summed E-state index contributed by atoms with van der Waals surface area (Å²) in [6.45, 7) is -0.899. The van der Waals surface area contributed by atoms with Crippen LogP contribution in [-0.2, 0) is 12.8 Å². The lowest BCUT2D eigenvalue weighted by Crippen LogP contribution is -2.15. The Morgan fingerprint density at radius 2 is 1.92 bits per heavy atom. The van der Waals surface area contributed by atoms with Gasteiger partial charge in [0.05, 0.1) is 27.9 Å². The molecule has 0 bridgehead atoms. The molecular formula is C15H9Cl2F3N4O2. The summed E-state index contributed by atoms with van der Waals surface area (Å²) in [5, 5.41) is 11.8. The first-order chi connectivity index (χ1) is 12.2. The van der Waals surface area contributed by atoms with Gasteiger partial charge < -0.3 is 10.4 Å². The van der Waals surface area contributed by atoms with Crippen LogP contribution >= 0.6 is 23.2 Å². The number of fused-ring (bicyclic) bond motifs is 1.